The molecule has 1 aliphatic heterocycles. The smallest absolute Gasteiger partial charge is 0.243 e. The topological polar surface area (TPSA) is 53.2 Å². The first kappa shape index (κ1) is 14.5. The molecule has 0 saturated carbocycles. The lowest BCUT2D eigenvalue weighted by Gasteiger charge is -2.20. The van der Waals surface area contributed by atoms with Gasteiger partial charge in [-0.3, -0.25) is 0 Å². The van der Waals surface area contributed by atoms with Gasteiger partial charge in [0, 0.05) is 30.2 Å². The molecule has 1 aliphatic rings. The van der Waals surface area contributed by atoms with Gasteiger partial charge in [0.25, 0.3) is 0 Å². The number of aromatic amines is 1. The molecule has 0 spiro atoms. The van der Waals surface area contributed by atoms with Gasteiger partial charge < -0.3 is 4.98 Å². The van der Waals surface area contributed by atoms with Gasteiger partial charge in [-0.05, 0) is 42.7 Å². The van der Waals surface area contributed by atoms with Crippen LogP contribution in [0.25, 0.3) is 10.9 Å². The number of benzene rings is 2. The van der Waals surface area contributed by atoms with Crippen molar-refractivity contribution in [3.63, 3.8) is 0 Å². The average molecular weight is 326 g/mol. The van der Waals surface area contributed by atoms with E-state index in [0.29, 0.717) is 18.0 Å². The van der Waals surface area contributed by atoms with Gasteiger partial charge in [0.2, 0.25) is 10.0 Å². The molecule has 2 aromatic carbocycles. The Kier molecular flexibility index (Phi) is 3.28. The van der Waals surface area contributed by atoms with Crippen LogP contribution in [0.3, 0.4) is 0 Å². The molecular weight excluding hydrogens is 308 g/mol. The van der Waals surface area contributed by atoms with E-state index in [1.54, 1.807) is 16.4 Å². The van der Waals surface area contributed by atoms with E-state index in [-0.39, 0.29) is 0 Å². The fourth-order valence-electron chi connectivity index (χ4n) is 3.24. The van der Waals surface area contributed by atoms with Crippen molar-refractivity contribution in [3.8, 4) is 0 Å². The van der Waals surface area contributed by atoms with Gasteiger partial charge in [0.15, 0.2) is 0 Å². The summed E-state index contributed by atoms with van der Waals surface area (Å²) in [5.41, 5.74) is 4.39. The molecule has 0 fully saturated rings. The molecule has 0 unspecified atom stereocenters. The number of nitrogens with one attached hydrogen (secondary N) is 1. The minimum atomic E-state index is -3.47. The zero-order chi connectivity index (χ0) is 16.0. The van der Waals surface area contributed by atoms with Gasteiger partial charge in [0.05, 0.1) is 4.90 Å². The SMILES string of the molecule is Cc1ccc(S(=O)(=O)N2CCc3c[nH]c4cccc(c34)C2)cc1. The zero-order valence-electron chi connectivity index (χ0n) is 12.9. The lowest BCUT2D eigenvalue weighted by molar-refractivity contribution is 0.415. The molecular formula is C18H18N2O2S. The van der Waals surface area contributed by atoms with Crippen molar-refractivity contribution >= 4 is 20.9 Å². The number of hydrogen-bond acceptors (Lipinski definition) is 2. The van der Waals surface area contributed by atoms with Crippen LogP contribution in [0.15, 0.2) is 53.6 Å². The summed E-state index contributed by atoms with van der Waals surface area (Å²) in [5.74, 6) is 0. The molecule has 5 heteroatoms. The highest BCUT2D eigenvalue weighted by Crippen LogP contribution is 2.29. The minimum absolute atomic E-state index is 0.364. The van der Waals surface area contributed by atoms with Crippen LogP contribution in [0.2, 0.25) is 0 Å². The summed E-state index contributed by atoms with van der Waals surface area (Å²) >= 11 is 0. The van der Waals surface area contributed by atoms with E-state index in [0.717, 1.165) is 23.1 Å². The Morgan fingerprint density at radius 1 is 1.04 bits per heavy atom. The van der Waals surface area contributed by atoms with Crippen molar-refractivity contribution in [2.75, 3.05) is 6.54 Å². The predicted octanol–water partition coefficient (Wildman–Crippen LogP) is 3.22. The van der Waals surface area contributed by atoms with Crippen LogP contribution in [0.1, 0.15) is 16.7 Å². The van der Waals surface area contributed by atoms with Crippen LogP contribution in [0.4, 0.5) is 0 Å². The van der Waals surface area contributed by atoms with E-state index in [4.69, 9.17) is 0 Å². The lowest BCUT2D eigenvalue weighted by atomic mass is 10.1. The van der Waals surface area contributed by atoms with Gasteiger partial charge in [-0.25, -0.2) is 8.42 Å². The number of sulfonamides is 1. The van der Waals surface area contributed by atoms with Crippen LogP contribution in [-0.4, -0.2) is 24.3 Å². The molecule has 0 amide bonds. The summed E-state index contributed by atoms with van der Waals surface area (Å²) in [4.78, 5) is 3.64. The molecule has 1 N–H and O–H groups in total. The van der Waals surface area contributed by atoms with E-state index in [2.05, 4.69) is 4.98 Å². The number of nitrogens with zero attached hydrogens (tertiary/aromatic N) is 1. The fraction of sp³-hybridized carbons (Fsp3) is 0.222. The normalized spacial score (nSPS) is 15.7. The summed E-state index contributed by atoms with van der Waals surface area (Å²) in [6.45, 7) is 2.87. The fourth-order valence-corrected chi connectivity index (χ4v) is 4.66. The van der Waals surface area contributed by atoms with Crippen LogP contribution in [0.5, 0.6) is 0 Å². The van der Waals surface area contributed by atoms with Gasteiger partial charge in [0.1, 0.15) is 0 Å². The number of H-pyrrole nitrogens is 1. The second-order valence-electron chi connectivity index (χ2n) is 6.06. The van der Waals surface area contributed by atoms with Crippen molar-refractivity contribution in [3.05, 3.63) is 65.4 Å². The average Bonchev–Trinajstić information content (AvgIpc) is 2.85. The number of aryl methyl sites for hydroxylation is 1. The maximum absolute atomic E-state index is 13.0. The molecule has 0 atom stereocenters. The zero-order valence-corrected chi connectivity index (χ0v) is 13.7. The molecule has 0 saturated heterocycles. The molecule has 1 aromatic heterocycles. The molecule has 0 bridgehead atoms. The molecule has 118 valence electrons. The second kappa shape index (κ2) is 5.22. The van der Waals surface area contributed by atoms with Crippen molar-refractivity contribution in [2.45, 2.75) is 24.8 Å². The van der Waals surface area contributed by atoms with Crippen LogP contribution >= 0.6 is 0 Å². The number of hydrogen-bond donors (Lipinski definition) is 1. The Morgan fingerprint density at radius 2 is 1.83 bits per heavy atom. The monoisotopic (exact) mass is 326 g/mol. The Hall–Kier alpha value is -2.11. The number of rotatable bonds is 2. The molecule has 3 aromatic rings. The summed E-state index contributed by atoms with van der Waals surface area (Å²) < 4.78 is 27.5. The molecule has 4 nitrogen and oxygen atoms in total. The first-order valence-corrected chi connectivity index (χ1v) is 9.14. The largest absolute Gasteiger partial charge is 0.361 e. The van der Waals surface area contributed by atoms with E-state index in [9.17, 15) is 8.42 Å². The third-order valence-corrected chi connectivity index (χ3v) is 6.37. The van der Waals surface area contributed by atoms with Gasteiger partial charge in [-0.1, -0.05) is 29.8 Å². The predicted molar refractivity (Wildman–Crippen MR) is 90.8 cm³/mol. The highest BCUT2D eigenvalue weighted by molar-refractivity contribution is 7.89. The highest BCUT2D eigenvalue weighted by Gasteiger charge is 2.27. The molecule has 0 aliphatic carbocycles. The Bertz CT molecular complexity index is 972. The third-order valence-electron chi connectivity index (χ3n) is 4.51. The van der Waals surface area contributed by atoms with Crippen molar-refractivity contribution in [1.29, 1.82) is 0 Å². The Balaban J connectivity index is 1.76. The summed E-state index contributed by atoms with van der Waals surface area (Å²) in [5, 5.41) is 1.18. The summed E-state index contributed by atoms with van der Waals surface area (Å²) in [7, 11) is -3.47. The van der Waals surface area contributed by atoms with Gasteiger partial charge in [-0.15, -0.1) is 0 Å². The Labute approximate surface area is 135 Å². The maximum Gasteiger partial charge on any atom is 0.243 e. The lowest BCUT2D eigenvalue weighted by Crippen LogP contribution is -2.31. The van der Waals surface area contributed by atoms with E-state index >= 15 is 0 Å². The van der Waals surface area contributed by atoms with Crippen LogP contribution < -0.4 is 0 Å². The van der Waals surface area contributed by atoms with E-state index in [1.165, 1.54) is 10.9 Å². The van der Waals surface area contributed by atoms with Crippen LogP contribution in [-0.2, 0) is 23.0 Å². The maximum atomic E-state index is 13.0. The second-order valence-corrected chi connectivity index (χ2v) is 7.99. The van der Waals surface area contributed by atoms with E-state index in [1.807, 2.05) is 43.5 Å². The Morgan fingerprint density at radius 3 is 2.61 bits per heavy atom. The minimum Gasteiger partial charge on any atom is -0.361 e. The molecule has 4 rings (SSSR count). The molecule has 2 heterocycles. The summed E-state index contributed by atoms with van der Waals surface area (Å²) in [6, 6.07) is 13.1. The van der Waals surface area contributed by atoms with Crippen molar-refractivity contribution < 1.29 is 8.42 Å². The third kappa shape index (κ3) is 2.36. The standard InChI is InChI=1S/C18H18N2O2S/c1-13-5-7-16(8-6-13)23(21,22)20-10-9-14-11-19-17-4-2-3-15(12-20)18(14)17/h2-8,11,19H,9-10,12H2,1H3. The quantitative estimate of drug-likeness (QED) is 0.786. The highest BCUT2D eigenvalue weighted by atomic mass is 32.2. The molecule has 0 radical (unpaired) electrons. The first-order valence-electron chi connectivity index (χ1n) is 7.70. The first-order chi connectivity index (χ1) is 11.1. The molecule has 23 heavy (non-hydrogen) atoms. The van der Waals surface area contributed by atoms with E-state index < -0.39 is 10.0 Å². The van der Waals surface area contributed by atoms with Crippen LogP contribution in [0, 0.1) is 6.92 Å². The van der Waals surface area contributed by atoms with Crippen molar-refractivity contribution in [1.82, 2.24) is 9.29 Å². The number of aromatic nitrogens is 1. The van der Waals surface area contributed by atoms with Gasteiger partial charge in [-0.2, -0.15) is 4.31 Å². The summed E-state index contributed by atoms with van der Waals surface area (Å²) in [6.07, 6.45) is 2.72. The van der Waals surface area contributed by atoms with Crippen molar-refractivity contribution in [2.24, 2.45) is 0 Å². The van der Waals surface area contributed by atoms with Gasteiger partial charge >= 0.3 is 0 Å².